The summed E-state index contributed by atoms with van der Waals surface area (Å²) in [6, 6.07) is 8.44. The molecule has 2 unspecified atom stereocenters. The Balaban J connectivity index is 1.30. The second-order valence-electron chi connectivity index (χ2n) is 14.6. The Morgan fingerprint density at radius 2 is 1.70 bits per heavy atom. The van der Waals surface area contributed by atoms with Gasteiger partial charge in [0.1, 0.15) is 24.5 Å². The zero-order chi connectivity index (χ0) is 32.9. The highest BCUT2D eigenvalue weighted by Gasteiger charge is 2.33. The van der Waals surface area contributed by atoms with Gasteiger partial charge < -0.3 is 23.8 Å². The fraction of sp³-hybridized carbons (Fsp3) is 0.588. The average Bonchev–Trinajstić information content (AvgIpc) is 3.74. The van der Waals surface area contributed by atoms with Crippen LogP contribution in [-0.4, -0.2) is 102 Å². The summed E-state index contributed by atoms with van der Waals surface area (Å²) in [6.07, 6.45) is 6.86. The Morgan fingerprint density at radius 3 is 2.41 bits per heavy atom. The maximum atomic E-state index is 12.4. The summed E-state index contributed by atoms with van der Waals surface area (Å²) in [5.41, 5.74) is 3.04. The van der Waals surface area contributed by atoms with Crippen molar-refractivity contribution in [3.63, 3.8) is 0 Å². The molecule has 12 heteroatoms. The summed E-state index contributed by atoms with van der Waals surface area (Å²) in [6.45, 7) is 15.0. The Bertz CT molecular complexity index is 1810. The lowest BCUT2D eigenvalue weighted by Crippen LogP contribution is -2.46. The Kier molecular flexibility index (Phi) is 8.86. The molecule has 4 aromatic heterocycles. The Morgan fingerprint density at radius 1 is 0.978 bits per heavy atom. The first kappa shape index (κ1) is 32.7. The van der Waals surface area contributed by atoms with Crippen molar-refractivity contribution >= 4 is 32.1 Å². The minimum absolute atomic E-state index is 0.160. The van der Waals surface area contributed by atoms with Gasteiger partial charge in [-0.2, -0.15) is 14.3 Å². The van der Waals surface area contributed by atoms with Crippen LogP contribution in [0.3, 0.4) is 0 Å². The van der Waals surface area contributed by atoms with E-state index in [-0.39, 0.29) is 29.5 Å². The molecule has 1 N–H and O–H groups in total. The van der Waals surface area contributed by atoms with Crippen molar-refractivity contribution in [2.24, 2.45) is 0 Å². The number of hydrogen-bond acceptors (Lipinski definition) is 8. The number of aromatic nitrogens is 4. The molecular weight excluding hydrogens is 604 g/mol. The van der Waals surface area contributed by atoms with Crippen LogP contribution < -0.4 is 9.47 Å². The molecule has 4 aromatic rings. The molecule has 2 aliphatic heterocycles. The topological polar surface area (TPSA) is 115 Å². The predicted octanol–water partition coefficient (Wildman–Crippen LogP) is 4.70. The van der Waals surface area contributed by atoms with Crippen molar-refractivity contribution in [3.8, 4) is 11.8 Å². The SMILES string of the molecule is CN1CCOCC1COc1nc2[nH]ccc2cc1C(C)(C)Cn1ccc2cc(C(C)(C)C)c(OCC3CCCN3S(C)(=O)=O)nc21. The smallest absolute Gasteiger partial charge is 0.219 e. The van der Waals surface area contributed by atoms with E-state index in [0.717, 1.165) is 59.2 Å². The van der Waals surface area contributed by atoms with Gasteiger partial charge in [0.15, 0.2) is 0 Å². The minimum atomic E-state index is -3.30. The van der Waals surface area contributed by atoms with E-state index in [1.54, 1.807) is 4.31 Å². The van der Waals surface area contributed by atoms with Crippen molar-refractivity contribution in [1.82, 2.24) is 28.7 Å². The summed E-state index contributed by atoms with van der Waals surface area (Å²) < 4.78 is 47.0. The highest BCUT2D eigenvalue weighted by molar-refractivity contribution is 7.88. The fourth-order valence-corrected chi connectivity index (χ4v) is 7.79. The molecule has 46 heavy (non-hydrogen) atoms. The summed E-state index contributed by atoms with van der Waals surface area (Å²) in [4.78, 5) is 15.5. The third kappa shape index (κ3) is 6.76. The van der Waals surface area contributed by atoms with Crippen LogP contribution in [0.25, 0.3) is 22.1 Å². The van der Waals surface area contributed by atoms with Gasteiger partial charge in [0, 0.05) is 59.3 Å². The molecule has 0 bridgehead atoms. The third-order valence-corrected chi connectivity index (χ3v) is 10.7. The van der Waals surface area contributed by atoms with Crippen molar-refractivity contribution < 1.29 is 22.6 Å². The van der Waals surface area contributed by atoms with Gasteiger partial charge in [-0.1, -0.05) is 34.6 Å². The molecule has 0 radical (unpaired) electrons. The molecule has 0 aromatic carbocycles. The van der Waals surface area contributed by atoms with Crippen molar-refractivity contribution in [2.75, 3.05) is 52.8 Å². The normalized spacial score (nSPS) is 20.6. The van der Waals surface area contributed by atoms with Gasteiger partial charge in [-0.05, 0) is 49.6 Å². The number of sulfonamides is 1. The average molecular weight is 653 g/mol. The van der Waals surface area contributed by atoms with Crippen LogP contribution in [0.2, 0.25) is 0 Å². The van der Waals surface area contributed by atoms with E-state index in [2.05, 4.69) is 80.5 Å². The van der Waals surface area contributed by atoms with Gasteiger partial charge in [0.2, 0.25) is 21.8 Å². The van der Waals surface area contributed by atoms with Crippen LogP contribution in [0.15, 0.2) is 36.7 Å². The van der Waals surface area contributed by atoms with Crippen LogP contribution in [0.5, 0.6) is 11.8 Å². The number of rotatable bonds is 10. The van der Waals surface area contributed by atoms with Gasteiger partial charge in [-0.25, -0.2) is 8.42 Å². The first-order valence-electron chi connectivity index (χ1n) is 16.2. The lowest BCUT2D eigenvalue weighted by molar-refractivity contribution is -0.0115. The largest absolute Gasteiger partial charge is 0.476 e. The number of hydrogen-bond donors (Lipinski definition) is 1. The highest BCUT2D eigenvalue weighted by atomic mass is 32.2. The molecule has 6 heterocycles. The monoisotopic (exact) mass is 652 g/mol. The molecule has 2 atom stereocenters. The first-order valence-corrected chi connectivity index (χ1v) is 18.0. The van der Waals surface area contributed by atoms with Crippen molar-refractivity contribution in [2.45, 2.75) is 76.9 Å². The third-order valence-electron chi connectivity index (χ3n) is 9.40. The van der Waals surface area contributed by atoms with Gasteiger partial charge in [-0.3, -0.25) is 4.90 Å². The molecule has 6 rings (SSSR count). The second-order valence-corrected chi connectivity index (χ2v) is 16.5. The lowest BCUT2D eigenvalue weighted by Gasteiger charge is -2.33. The molecule has 0 spiro atoms. The number of pyridine rings is 2. The number of ether oxygens (including phenoxy) is 3. The molecule has 11 nitrogen and oxygen atoms in total. The second kappa shape index (κ2) is 12.4. The summed E-state index contributed by atoms with van der Waals surface area (Å²) >= 11 is 0. The minimum Gasteiger partial charge on any atom is -0.476 e. The molecule has 2 aliphatic rings. The number of morpholine rings is 1. The maximum absolute atomic E-state index is 12.4. The van der Waals surface area contributed by atoms with E-state index >= 15 is 0 Å². The van der Waals surface area contributed by atoms with Crippen LogP contribution in [0, 0.1) is 0 Å². The molecule has 0 amide bonds. The first-order chi connectivity index (χ1) is 21.7. The predicted molar refractivity (Wildman–Crippen MR) is 180 cm³/mol. The van der Waals surface area contributed by atoms with Gasteiger partial charge in [0.05, 0.1) is 31.6 Å². The molecule has 250 valence electrons. The van der Waals surface area contributed by atoms with Gasteiger partial charge in [-0.15, -0.1) is 0 Å². The van der Waals surface area contributed by atoms with Crippen LogP contribution in [-0.2, 0) is 32.1 Å². The van der Waals surface area contributed by atoms with E-state index in [1.807, 2.05) is 12.3 Å². The van der Waals surface area contributed by atoms with E-state index in [9.17, 15) is 8.42 Å². The number of H-pyrrole nitrogens is 1. The quantitative estimate of drug-likeness (QED) is 0.262. The fourth-order valence-electron chi connectivity index (χ4n) is 6.62. The molecule has 2 fully saturated rings. The number of likely N-dealkylation sites (N-methyl/N-ethyl adjacent to an activating group) is 1. The number of fused-ring (bicyclic) bond motifs is 2. The van der Waals surface area contributed by atoms with Gasteiger partial charge >= 0.3 is 0 Å². The van der Waals surface area contributed by atoms with Gasteiger partial charge in [0.25, 0.3) is 0 Å². The number of nitrogens with one attached hydrogen (secondary N) is 1. The maximum Gasteiger partial charge on any atom is 0.219 e. The van der Waals surface area contributed by atoms with E-state index < -0.39 is 10.0 Å². The van der Waals surface area contributed by atoms with E-state index in [0.29, 0.717) is 38.1 Å². The number of aromatic amines is 1. The van der Waals surface area contributed by atoms with Crippen LogP contribution in [0.1, 0.15) is 58.6 Å². The molecule has 0 aliphatic carbocycles. The Labute approximate surface area is 272 Å². The van der Waals surface area contributed by atoms with Crippen LogP contribution >= 0.6 is 0 Å². The van der Waals surface area contributed by atoms with E-state index in [4.69, 9.17) is 24.2 Å². The Hall–Kier alpha value is -3.19. The van der Waals surface area contributed by atoms with Crippen LogP contribution in [0.4, 0.5) is 0 Å². The molecular formula is C34H48N6O5S. The lowest BCUT2D eigenvalue weighted by atomic mass is 9.84. The summed E-state index contributed by atoms with van der Waals surface area (Å²) in [5, 5.41) is 2.06. The zero-order valence-electron chi connectivity index (χ0n) is 28.2. The highest BCUT2D eigenvalue weighted by Crippen LogP contribution is 2.37. The van der Waals surface area contributed by atoms with E-state index in [1.165, 1.54) is 6.26 Å². The standard InChI is InChI=1S/C34H48N6O5S/c1-33(2,3)27-18-24-11-14-39(30(24)37-31(27)44-20-25-9-8-13-40(25)46(7,41)42)22-34(4,5)28-17-23-10-12-35-29(23)36-32(28)45-21-26-19-43-16-15-38(26)6/h10-12,14,17-18,25-26H,8-9,13,15-16,19-22H2,1-7H3,(H,35,36). The summed E-state index contributed by atoms with van der Waals surface area (Å²) in [5.74, 6) is 1.17. The molecule has 0 saturated carbocycles. The number of nitrogens with zero attached hydrogens (tertiary/aromatic N) is 5. The summed E-state index contributed by atoms with van der Waals surface area (Å²) in [7, 11) is -1.20. The van der Waals surface area contributed by atoms with Crippen molar-refractivity contribution in [3.05, 3.63) is 47.8 Å². The van der Waals surface area contributed by atoms with Crippen molar-refractivity contribution in [1.29, 1.82) is 0 Å². The molecule has 2 saturated heterocycles. The zero-order valence-corrected chi connectivity index (χ0v) is 29.0.